The van der Waals surface area contributed by atoms with E-state index in [1.54, 1.807) is 0 Å². The highest BCUT2D eigenvalue weighted by Crippen LogP contribution is 2.13. The van der Waals surface area contributed by atoms with E-state index in [9.17, 15) is 4.79 Å². The Morgan fingerprint density at radius 3 is 1.71 bits per heavy atom. The largest absolute Gasteiger partial charge is 0.367 e. The number of hydroxylamine groups is 4. The number of amides is 2. The van der Waals surface area contributed by atoms with Crippen LogP contribution in [0.2, 0.25) is 0 Å². The molecule has 2 saturated heterocycles. The number of hydrogen-bond donors (Lipinski definition) is 0. The fourth-order valence-electron chi connectivity index (χ4n) is 1.62. The Morgan fingerprint density at radius 2 is 1.36 bits per heavy atom. The van der Waals surface area contributed by atoms with Crippen LogP contribution in [0.5, 0.6) is 0 Å². The Hall–Kier alpha value is -0.810. The molecular weight excluding hydrogens is 184 g/mol. The van der Waals surface area contributed by atoms with E-state index < -0.39 is 0 Å². The van der Waals surface area contributed by atoms with Crippen molar-refractivity contribution in [2.75, 3.05) is 26.3 Å². The lowest BCUT2D eigenvalue weighted by molar-refractivity contribution is -0.200. The van der Waals surface area contributed by atoms with Gasteiger partial charge in [0.2, 0.25) is 0 Å². The third kappa shape index (κ3) is 2.16. The summed E-state index contributed by atoms with van der Waals surface area (Å²) in [7, 11) is 0. The second-order valence-electron chi connectivity index (χ2n) is 3.57. The zero-order valence-electron chi connectivity index (χ0n) is 8.28. The zero-order chi connectivity index (χ0) is 9.80. The molecule has 0 unspecified atom stereocenters. The van der Waals surface area contributed by atoms with Gasteiger partial charge in [0.1, 0.15) is 0 Å². The van der Waals surface area contributed by atoms with Crippen LogP contribution < -0.4 is 0 Å². The minimum Gasteiger partial charge on any atom is -0.269 e. The number of carbonyl (C=O) groups is 1. The highest BCUT2D eigenvalue weighted by Gasteiger charge is 2.25. The standard InChI is InChI=1S/C9H16N2O3/c12-9(10-5-1-3-7-13-10)11-6-2-4-8-14-11/h1-8H2. The molecule has 0 radical (unpaired) electrons. The molecule has 0 spiro atoms. The first-order valence-corrected chi connectivity index (χ1v) is 5.23. The predicted molar refractivity (Wildman–Crippen MR) is 49.2 cm³/mol. The molecule has 2 amide bonds. The molecule has 0 aromatic heterocycles. The summed E-state index contributed by atoms with van der Waals surface area (Å²) >= 11 is 0. The van der Waals surface area contributed by atoms with E-state index in [1.165, 1.54) is 10.1 Å². The van der Waals surface area contributed by atoms with Crippen LogP contribution in [0.25, 0.3) is 0 Å². The van der Waals surface area contributed by atoms with Crippen molar-refractivity contribution in [1.82, 2.24) is 10.1 Å². The molecule has 2 fully saturated rings. The molecule has 2 rings (SSSR count). The zero-order valence-corrected chi connectivity index (χ0v) is 8.28. The molecule has 2 aliphatic heterocycles. The van der Waals surface area contributed by atoms with Gasteiger partial charge < -0.3 is 0 Å². The normalized spacial score (nSPS) is 23.7. The Labute approximate surface area is 83.5 Å². The van der Waals surface area contributed by atoms with E-state index in [0.717, 1.165) is 25.7 Å². The van der Waals surface area contributed by atoms with Crippen LogP contribution in [0.3, 0.4) is 0 Å². The van der Waals surface area contributed by atoms with Gasteiger partial charge in [-0.15, -0.1) is 0 Å². The van der Waals surface area contributed by atoms with Crippen molar-refractivity contribution in [2.24, 2.45) is 0 Å². The van der Waals surface area contributed by atoms with Crippen LogP contribution in [-0.4, -0.2) is 42.5 Å². The maximum Gasteiger partial charge on any atom is 0.367 e. The molecule has 0 aliphatic carbocycles. The average Bonchev–Trinajstić information content (AvgIpc) is 2.30. The number of carbonyl (C=O) groups excluding carboxylic acids is 1. The molecule has 0 atom stereocenters. The molecule has 14 heavy (non-hydrogen) atoms. The van der Waals surface area contributed by atoms with E-state index in [0.29, 0.717) is 26.3 Å². The topological polar surface area (TPSA) is 42.0 Å². The minimum absolute atomic E-state index is 0.149. The summed E-state index contributed by atoms with van der Waals surface area (Å²) in [5, 5.41) is 2.82. The first kappa shape index (κ1) is 9.73. The van der Waals surface area contributed by atoms with Crippen LogP contribution in [0.15, 0.2) is 0 Å². The minimum atomic E-state index is -0.149. The lowest BCUT2D eigenvalue weighted by atomic mass is 10.3. The molecule has 0 aromatic rings. The smallest absolute Gasteiger partial charge is 0.269 e. The molecule has 5 nitrogen and oxygen atoms in total. The van der Waals surface area contributed by atoms with E-state index in [2.05, 4.69) is 0 Å². The van der Waals surface area contributed by atoms with Crippen molar-refractivity contribution in [2.45, 2.75) is 25.7 Å². The third-order valence-corrected chi connectivity index (χ3v) is 2.43. The summed E-state index contributed by atoms with van der Waals surface area (Å²) in [5.41, 5.74) is 0. The SMILES string of the molecule is O=C(N1CCCCO1)N1CCCCO1. The van der Waals surface area contributed by atoms with Gasteiger partial charge in [-0.2, -0.15) is 0 Å². The monoisotopic (exact) mass is 200 g/mol. The number of urea groups is 1. The first-order chi connectivity index (χ1) is 6.88. The van der Waals surface area contributed by atoms with Gasteiger partial charge in [-0.3, -0.25) is 9.68 Å². The fraction of sp³-hybridized carbons (Fsp3) is 0.889. The summed E-state index contributed by atoms with van der Waals surface area (Å²) in [6.45, 7) is 2.64. The summed E-state index contributed by atoms with van der Waals surface area (Å²) in [5.74, 6) is 0. The Balaban J connectivity index is 1.85. The Morgan fingerprint density at radius 1 is 0.857 bits per heavy atom. The van der Waals surface area contributed by atoms with Gasteiger partial charge in [-0.25, -0.2) is 14.9 Å². The van der Waals surface area contributed by atoms with Crippen molar-refractivity contribution in [3.05, 3.63) is 0 Å². The Bertz CT molecular complexity index is 178. The van der Waals surface area contributed by atoms with Crippen molar-refractivity contribution in [3.8, 4) is 0 Å². The summed E-state index contributed by atoms with van der Waals surface area (Å²) in [4.78, 5) is 22.3. The number of rotatable bonds is 0. The number of nitrogens with zero attached hydrogens (tertiary/aromatic N) is 2. The molecule has 0 N–H and O–H groups in total. The quantitative estimate of drug-likeness (QED) is 0.589. The highest BCUT2D eigenvalue weighted by molar-refractivity contribution is 5.72. The van der Waals surface area contributed by atoms with E-state index >= 15 is 0 Å². The van der Waals surface area contributed by atoms with Crippen molar-refractivity contribution < 1.29 is 14.5 Å². The second kappa shape index (κ2) is 4.61. The van der Waals surface area contributed by atoms with Crippen LogP contribution >= 0.6 is 0 Å². The molecule has 0 bridgehead atoms. The van der Waals surface area contributed by atoms with Crippen molar-refractivity contribution in [3.63, 3.8) is 0 Å². The fourth-order valence-corrected chi connectivity index (χ4v) is 1.62. The summed E-state index contributed by atoms with van der Waals surface area (Å²) in [6, 6.07) is -0.149. The van der Waals surface area contributed by atoms with Gasteiger partial charge in [-0.1, -0.05) is 0 Å². The van der Waals surface area contributed by atoms with Crippen molar-refractivity contribution >= 4 is 6.03 Å². The van der Waals surface area contributed by atoms with E-state index in [-0.39, 0.29) is 6.03 Å². The lowest BCUT2D eigenvalue weighted by Gasteiger charge is -2.32. The molecule has 5 heteroatoms. The summed E-state index contributed by atoms with van der Waals surface area (Å²) in [6.07, 6.45) is 4.09. The molecule has 2 aliphatic rings. The highest BCUT2D eigenvalue weighted by atomic mass is 16.7. The van der Waals surface area contributed by atoms with E-state index in [1.807, 2.05) is 0 Å². The average molecular weight is 200 g/mol. The van der Waals surface area contributed by atoms with Crippen LogP contribution in [0, 0.1) is 0 Å². The molecule has 80 valence electrons. The maximum absolute atomic E-state index is 11.8. The van der Waals surface area contributed by atoms with Crippen LogP contribution in [0.4, 0.5) is 4.79 Å². The molecule has 0 saturated carbocycles. The predicted octanol–water partition coefficient (Wildman–Crippen LogP) is 1.16. The van der Waals surface area contributed by atoms with Crippen LogP contribution in [-0.2, 0) is 9.68 Å². The van der Waals surface area contributed by atoms with Crippen molar-refractivity contribution in [1.29, 1.82) is 0 Å². The second-order valence-corrected chi connectivity index (χ2v) is 3.57. The van der Waals surface area contributed by atoms with Gasteiger partial charge in [0.15, 0.2) is 0 Å². The van der Waals surface area contributed by atoms with Gasteiger partial charge >= 0.3 is 6.03 Å². The first-order valence-electron chi connectivity index (χ1n) is 5.23. The maximum atomic E-state index is 11.8. The summed E-state index contributed by atoms with van der Waals surface area (Å²) < 4.78 is 0. The molecular formula is C9H16N2O3. The van der Waals surface area contributed by atoms with Gasteiger partial charge in [0.05, 0.1) is 26.3 Å². The van der Waals surface area contributed by atoms with Gasteiger partial charge in [0.25, 0.3) is 0 Å². The van der Waals surface area contributed by atoms with Gasteiger partial charge in [0, 0.05) is 0 Å². The Kier molecular flexibility index (Phi) is 3.21. The molecule has 2 heterocycles. The lowest BCUT2D eigenvalue weighted by Crippen LogP contribution is -2.47. The van der Waals surface area contributed by atoms with Crippen LogP contribution in [0.1, 0.15) is 25.7 Å². The number of hydrogen-bond acceptors (Lipinski definition) is 3. The molecule has 0 aromatic carbocycles. The van der Waals surface area contributed by atoms with Gasteiger partial charge in [-0.05, 0) is 25.7 Å². The van der Waals surface area contributed by atoms with E-state index in [4.69, 9.17) is 9.68 Å². The third-order valence-electron chi connectivity index (χ3n) is 2.43.